The Labute approximate surface area is 117 Å². The number of nitrogens with two attached hydrogens (primary N) is 1. The molecule has 2 rings (SSSR count). The van der Waals surface area contributed by atoms with Crippen molar-refractivity contribution in [3.63, 3.8) is 0 Å². The quantitative estimate of drug-likeness (QED) is 0.734. The lowest BCUT2D eigenvalue weighted by molar-refractivity contribution is 0.282. The lowest BCUT2D eigenvalue weighted by Crippen LogP contribution is -2.04. The highest BCUT2D eigenvalue weighted by atomic mass is 19.1. The van der Waals surface area contributed by atoms with E-state index in [1.807, 2.05) is 24.3 Å². The predicted octanol–water partition coefficient (Wildman–Crippen LogP) is 2.52. The van der Waals surface area contributed by atoms with Gasteiger partial charge < -0.3 is 20.9 Å². The normalized spacial score (nSPS) is 10.3. The number of nitrogens with one attached hydrogen (secondary N) is 1. The monoisotopic (exact) mass is 276 g/mol. The molecule has 0 unspecified atom stereocenters. The molecule has 0 aliphatic rings. The molecule has 0 aliphatic heterocycles. The SMILES string of the molecule is COc1cc(NCc2ccc(CO)cc2)c(N)cc1F. The van der Waals surface area contributed by atoms with Crippen molar-refractivity contribution in [1.29, 1.82) is 0 Å². The highest BCUT2D eigenvalue weighted by Gasteiger charge is 2.08. The summed E-state index contributed by atoms with van der Waals surface area (Å²) in [6, 6.07) is 10.3. The standard InChI is InChI=1S/C15H17FN2O2/c1-20-15-7-14(13(17)6-12(15)16)18-8-10-2-4-11(9-19)5-3-10/h2-7,18-19H,8-9,17H2,1H3. The van der Waals surface area contributed by atoms with Crippen LogP contribution in [-0.4, -0.2) is 12.2 Å². The number of anilines is 2. The molecule has 106 valence electrons. The van der Waals surface area contributed by atoms with Crippen LogP contribution < -0.4 is 15.8 Å². The smallest absolute Gasteiger partial charge is 0.167 e. The van der Waals surface area contributed by atoms with Gasteiger partial charge in [0.05, 0.1) is 25.1 Å². The maximum Gasteiger partial charge on any atom is 0.167 e. The molecule has 0 heterocycles. The molecule has 2 aromatic rings. The van der Waals surface area contributed by atoms with E-state index in [9.17, 15) is 4.39 Å². The topological polar surface area (TPSA) is 67.5 Å². The first-order valence-electron chi connectivity index (χ1n) is 6.19. The van der Waals surface area contributed by atoms with E-state index in [0.717, 1.165) is 11.1 Å². The maximum absolute atomic E-state index is 13.4. The summed E-state index contributed by atoms with van der Waals surface area (Å²) in [5, 5.41) is 12.1. The van der Waals surface area contributed by atoms with Crippen LogP contribution in [0.25, 0.3) is 0 Å². The molecule has 0 saturated carbocycles. The number of hydrogen-bond donors (Lipinski definition) is 3. The Bertz CT molecular complexity index is 585. The van der Waals surface area contributed by atoms with Crippen molar-refractivity contribution in [3.05, 3.63) is 53.3 Å². The van der Waals surface area contributed by atoms with Crippen LogP contribution in [0.15, 0.2) is 36.4 Å². The third kappa shape index (κ3) is 3.19. The van der Waals surface area contributed by atoms with Crippen LogP contribution in [0.2, 0.25) is 0 Å². The zero-order valence-corrected chi connectivity index (χ0v) is 11.2. The number of ether oxygens (including phenoxy) is 1. The molecule has 0 bridgehead atoms. The summed E-state index contributed by atoms with van der Waals surface area (Å²) < 4.78 is 18.3. The number of halogens is 1. The minimum Gasteiger partial charge on any atom is -0.494 e. The molecule has 5 heteroatoms. The van der Waals surface area contributed by atoms with Gasteiger partial charge in [-0.05, 0) is 11.1 Å². The Balaban J connectivity index is 2.09. The van der Waals surface area contributed by atoms with Gasteiger partial charge in [-0.3, -0.25) is 0 Å². The van der Waals surface area contributed by atoms with E-state index in [4.69, 9.17) is 15.6 Å². The molecule has 4 nitrogen and oxygen atoms in total. The number of hydrogen-bond acceptors (Lipinski definition) is 4. The van der Waals surface area contributed by atoms with E-state index in [0.29, 0.717) is 17.9 Å². The Morgan fingerprint density at radius 2 is 1.85 bits per heavy atom. The fourth-order valence-electron chi connectivity index (χ4n) is 1.84. The van der Waals surface area contributed by atoms with Gasteiger partial charge in [-0.1, -0.05) is 24.3 Å². The van der Waals surface area contributed by atoms with E-state index < -0.39 is 5.82 Å². The number of aliphatic hydroxyl groups is 1. The van der Waals surface area contributed by atoms with Gasteiger partial charge in [0.15, 0.2) is 11.6 Å². The second-order valence-corrected chi connectivity index (χ2v) is 4.40. The van der Waals surface area contributed by atoms with Crippen molar-refractivity contribution in [2.75, 3.05) is 18.2 Å². The summed E-state index contributed by atoms with van der Waals surface area (Å²) in [4.78, 5) is 0. The largest absolute Gasteiger partial charge is 0.494 e. The molecule has 0 aromatic heterocycles. The van der Waals surface area contributed by atoms with Crippen molar-refractivity contribution in [2.45, 2.75) is 13.2 Å². The van der Waals surface area contributed by atoms with Crippen molar-refractivity contribution >= 4 is 11.4 Å². The first-order chi connectivity index (χ1) is 9.63. The Hall–Kier alpha value is -2.27. The zero-order valence-electron chi connectivity index (χ0n) is 11.2. The molecule has 0 aliphatic carbocycles. The highest BCUT2D eigenvalue weighted by molar-refractivity contribution is 5.68. The molecule has 2 aromatic carbocycles. The van der Waals surface area contributed by atoms with Gasteiger partial charge in [0.25, 0.3) is 0 Å². The van der Waals surface area contributed by atoms with Crippen molar-refractivity contribution in [2.24, 2.45) is 0 Å². The van der Waals surface area contributed by atoms with Crippen molar-refractivity contribution in [1.82, 2.24) is 0 Å². The van der Waals surface area contributed by atoms with E-state index >= 15 is 0 Å². The van der Waals surface area contributed by atoms with Crippen molar-refractivity contribution < 1.29 is 14.2 Å². The molecule has 20 heavy (non-hydrogen) atoms. The van der Waals surface area contributed by atoms with Crippen molar-refractivity contribution in [3.8, 4) is 5.75 Å². The van der Waals surface area contributed by atoms with Gasteiger partial charge in [0, 0.05) is 18.7 Å². The van der Waals surface area contributed by atoms with E-state index in [1.54, 1.807) is 0 Å². The fraction of sp³-hybridized carbons (Fsp3) is 0.200. The molecular formula is C15H17FN2O2. The molecule has 0 spiro atoms. The lowest BCUT2D eigenvalue weighted by atomic mass is 10.1. The number of benzene rings is 2. The molecular weight excluding hydrogens is 259 g/mol. The van der Waals surface area contributed by atoms with E-state index in [-0.39, 0.29) is 12.4 Å². The highest BCUT2D eigenvalue weighted by Crippen LogP contribution is 2.28. The van der Waals surface area contributed by atoms with E-state index in [2.05, 4.69) is 5.32 Å². The summed E-state index contributed by atoms with van der Waals surface area (Å²) in [5.74, 6) is -0.333. The molecule has 0 amide bonds. The molecule has 0 fully saturated rings. The Morgan fingerprint density at radius 3 is 2.45 bits per heavy atom. The van der Waals surface area contributed by atoms with Crippen LogP contribution in [0, 0.1) is 5.82 Å². The van der Waals surface area contributed by atoms with Gasteiger partial charge in [0.1, 0.15) is 0 Å². The van der Waals surface area contributed by atoms with Crippen LogP contribution in [-0.2, 0) is 13.2 Å². The third-order valence-electron chi connectivity index (χ3n) is 3.01. The number of methoxy groups -OCH3 is 1. The molecule has 0 atom stereocenters. The fourth-order valence-corrected chi connectivity index (χ4v) is 1.84. The molecule has 4 N–H and O–H groups in total. The van der Waals surface area contributed by atoms with Crippen LogP contribution in [0.5, 0.6) is 5.75 Å². The van der Waals surface area contributed by atoms with E-state index in [1.165, 1.54) is 19.2 Å². The second kappa shape index (κ2) is 6.25. The predicted molar refractivity (Wildman–Crippen MR) is 77.1 cm³/mol. The van der Waals surface area contributed by atoms with Crippen LogP contribution in [0.3, 0.4) is 0 Å². The van der Waals surface area contributed by atoms with Gasteiger partial charge in [-0.2, -0.15) is 0 Å². The van der Waals surface area contributed by atoms with Gasteiger partial charge in [-0.15, -0.1) is 0 Å². The Kier molecular flexibility index (Phi) is 4.42. The Morgan fingerprint density at radius 1 is 1.20 bits per heavy atom. The average Bonchev–Trinajstić information content (AvgIpc) is 2.47. The van der Waals surface area contributed by atoms with Crippen LogP contribution >= 0.6 is 0 Å². The number of aliphatic hydroxyl groups excluding tert-OH is 1. The summed E-state index contributed by atoms with van der Waals surface area (Å²) in [7, 11) is 1.41. The van der Waals surface area contributed by atoms with Crippen LogP contribution in [0.4, 0.5) is 15.8 Å². The summed E-state index contributed by atoms with van der Waals surface area (Å²) in [6.07, 6.45) is 0. The third-order valence-corrected chi connectivity index (χ3v) is 3.01. The summed E-state index contributed by atoms with van der Waals surface area (Å²) >= 11 is 0. The summed E-state index contributed by atoms with van der Waals surface area (Å²) in [5.41, 5.74) is 8.60. The minimum absolute atomic E-state index is 0.0236. The molecule has 0 saturated heterocycles. The molecule has 0 radical (unpaired) electrons. The minimum atomic E-state index is -0.483. The van der Waals surface area contributed by atoms with Crippen LogP contribution in [0.1, 0.15) is 11.1 Å². The summed E-state index contributed by atoms with van der Waals surface area (Å²) in [6.45, 7) is 0.570. The van der Waals surface area contributed by atoms with Gasteiger partial charge in [0.2, 0.25) is 0 Å². The number of rotatable bonds is 5. The van der Waals surface area contributed by atoms with Gasteiger partial charge in [-0.25, -0.2) is 4.39 Å². The second-order valence-electron chi connectivity index (χ2n) is 4.40. The maximum atomic E-state index is 13.4. The van der Waals surface area contributed by atoms with Gasteiger partial charge >= 0.3 is 0 Å². The first-order valence-corrected chi connectivity index (χ1v) is 6.19. The zero-order chi connectivity index (χ0) is 14.5. The lowest BCUT2D eigenvalue weighted by Gasteiger charge is -2.12. The average molecular weight is 276 g/mol. The first kappa shape index (κ1) is 14.1. The number of nitrogen functional groups attached to an aromatic ring is 1.